The molecular weight excluding hydrogens is 378 g/mol. The van der Waals surface area contributed by atoms with Crippen molar-refractivity contribution in [3.63, 3.8) is 0 Å². The Bertz CT molecular complexity index is 963. The maximum Gasteiger partial charge on any atom is 0.276 e. The lowest BCUT2D eigenvalue weighted by Crippen LogP contribution is -2.16. The van der Waals surface area contributed by atoms with Gasteiger partial charge in [0, 0.05) is 5.02 Å². The Morgan fingerprint density at radius 2 is 1.85 bits per heavy atom. The van der Waals surface area contributed by atoms with Crippen LogP contribution in [-0.2, 0) is 0 Å². The average Bonchev–Trinajstić information content (AvgIpc) is 2.65. The molecule has 0 fully saturated rings. The standard InChI is InChI=1S/C18H13ClF2N4O2/c1-27-15-6-5-10(19)7-13(15)24-16-9-22-14(8-23-16)18(26)25-17-11(20)3-2-4-12(17)21/h2-9H,1H3,(H,23,24)(H,25,26). The maximum absolute atomic E-state index is 13.6. The van der Waals surface area contributed by atoms with Crippen LogP contribution >= 0.6 is 11.6 Å². The van der Waals surface area contributed by atoms with Gasteiger partial charge in [-0.3, -0.25) is 4.79 Å². The molecule has 0 saturated heterocycles. The van der Waals surface area contributed by atoms with Crippen LogP contribution in [0, 0.1) is 11.6 Å². The van der Waals surface area contributed by atoms with Crippen LogP contribution in [0.1, 0.15) is 10.5 Å². The lowest BCUT2D eigenvalue weighted by molar-refractivity contribution is 0.102. The van der Waals surface area contributed by atoms with Gasteiger partial charge in [0.2, 0.25) is 0 Å². The Kier molecular flexibility index (Phi) is 5.46. The number of hydrogen-bond acceptors (Lipinski definition) is 5. The van der Waals surface area contributed by atoms with Crippen molar-refractivity contribution in [2.45, 2.75) is 0 Å². The van der Waals surface area contributed by atoms with E-state index in [1.165, 1.54) is 25.6 Å². The minimum atomic E-state index is -0.886. The highest BCUT2D eigenvalue weighted by Crippen LogP contribution is 2.29. The number of carbonyl (C=O) groups excluding carboxylic acids is 1. The normalized spacial score (nSPS) is 10.4. The SMILES string of the molecule is COc1ccc(Cl)cc1Nc1cnc(C(=O)Nc2c(F)cccc2F)cn1. The van der Waals surface area contributed by atoms with Crippen LogP contribution in [0.3, 0.4) is 0 Å². The molecule has 0 aliphatic rings. The van der Waals surface area contributed by atoms with Crippen molar-refractivity contribution >= 4 is 34.7 Å². The molecule has 9 heteroatoms. The van der Waals surface area contributed by atoms with Crippen molar-refractivity contribution in [3.05, 3.63) is 71.1 Å². The van der Waals surface area contributed by atoms with E-state index < -0.39 is 23.2 Å². The Hall–Kier alpha value is -3.26. The third-order valence-corrected chi connectivity index (χ3v) is 3.75. The number of anilines is 3. The summed E-state index contributed by atoms with van der Waals surface area (Å²) in [5.41, 5.74) is -0.0960. The lowest BCUT2D eigenvalue weighted by atomic mass is 10.2. The smallest absolute Gasteiger partial charge is 0.276 e. The number of para-hydroxylation sites is 1. The zero-order valence-corrected chi connectivity index (χ0v) is 14.7. The van der Waals surface area contributed by atoms with Gasteiger partial charge in [-0.25, -0.2) is 18.7 Å². The number of nitrogens with zero attached hydrogens (tertiary/aromatic N) is 2. The van der Waals surface area contributed by atoms with E-state index in [0.717, 1.165) is 12.1 Å². The first-order chi connectivity index (χ1) is 13.0. The van der Waals surface area contributed by atoms with E-state index >= 15 is 0 Å². The summed E-state index contributed by atoms with van der Waals surface area (Å²) in [7, 11) is 1.51. The zero-order chi connectivity index (χ0) is 19.4. The average molecular weight is 391 g/mol. The van der Waals surface area contributed by atoms with Gasteiger partial charge < -0.3 is 15.4 Å². The number of methoxy groups -OCH3 is 1. The molecule has 6 nitrogen and oxygen atoms in total. The summed E-state index contributed by atoms with van der Waals surface area (Å²) in [4.78, 5) is 20.1. The van der Waals surface area contributed by atoms with Crippen molar-refractivity contribution in [1.82, 2.24) is 9.97 Å². The van der Waals surface area contributed by atoms with Gasteiger partial charge in [-0.15, -0.1) is 0 Å². The number of benzene rings is 2. The van der Waals surface area contributed by atoms with E-state index in [4.69, 9.17) is 16.3 Å². The molecule has 0 aliphatic carbocycles. The molecule has 1 heterocycles. The highest BCUT2D eigenvalue weighted by molar-refractivity contribution is 6.31. The third-order valence-electron chi connectivity index (χ3n) is 3.51. The van der Waals surface area contributed by atoms with E-state index in [0.29, 0.717) is 22.3 Å². The molecule has 138 valence electrons. The summed E-state index contributed by atoms with van der Waals surface area (Å²) >= 11 is 5.96. The summed E-state index contributed by atoms with van der Waals surface area (Å²) in [5, 5.41) is 5.60. The quantitative estimate of drug-likeness (QED) is 0.674. The molecular formula is C18H13ClF2N4O2. The Morgan fingerprint density at radius 1 is 1.11 bits per heavy atom. The Labute approximate surface area is 158 Å². The molecule has 3 aromatic rings. The molecule has 1 amide bonds. The fourth-order valence-electron chi connectivity index (χ4n) is 2.22. The molecule has 0 saturated carbocycles. The predicted molar refractivity (Wildman–Crippen MR) is 97.6 cm³/mol. The minimum absolute atomic E-state index is 0.110. The molecule has 0 unspecified atom stereocenters. The number of hydrogen-bond donors (Lipinski definition) is 2. The second-order valence-corrected chi connectivity index (χ2v) is 5.74. The van der Waals surface area contributed by atoms with Crippen LogP contribution in [0.4, 0.5) is 26.0 Å². The fraction of sp³-hybridized carbons (Fsp3) is 0.0556. The van der Waals surface area contributed by atoms with Crippen molar-refractivity contribution in [2.24, 2.45) is 0 Å². The molecule has 0 atom stereocenters. The molecule has 2 aromatic carbocycles. The van der Waals surface area contributed by atoms with Crippen molar-refractivity contribution < 1.29 is 18.3 Å². The van der Waals surface area contributed by atoms with Gasteiger partial charge in [-0.2, -0.15) is 0 Å². The second-order valence-electron chi connectivity index (χ2n) is 5.31. The Balaban J connectivity index is 1.76. The van der Waals surface area contributed by atoms with Gasteiger partial charge in [0.1, 0.15) is 34.6 Å². The van der Waals surface area contributed by atoms with Gasteiger partial charge in [0.15, 0.2) is 0 Å². The summed E-state index contributed by atoms with van der Waals surface area (Å²) in [6.45, 7) is 0. The van der Waals surface area contributed by atoms with Crippen LogP contribution in [0.15, 0.2) is 48.8 Å². The number of rotatable bonds is 5. The number of carbonyl (C=O) groups is 1. The minimum Gasteiger partial charge on any atom is -0.495 e. The maximum atomic E-state index is 13.6. The van der Waals surface area contributed by atoms with Crippen molar-refractivity contribution in [1.29, 1.82) is 0 Å². The van der Waals surface area contributed by atoms with Gasteiger partial charge in [0.25, 0.3) is 5.91 Å². The first kappa shape index (κ1) is 18.5. The molecule has 0 bridgehead atoms. The van der Waals surface area contributed by atoms with Gasteiger partial charge in [-0.05, 0) is 30.3 Å². The van der Waals surface area contributed by atoms with Gasteiger partial charge in [-0.1, -0.05) is 17.7 Å². The monoisotopic (exact) mass is 390 g/mol. The largest absolute Gasteiger partial charge is 0.495 e. The highest BCUT2D eigenvalue weighted by Gasteiger charge is 2.15. The molecule has 0 radical (unpaired) electrons. The topological polar surface area (TPSA) is 76.1 Å². The Morgan fingerprint density at radius 3 is 2.48 bits per heavy atom. The van der Waals surface area contributed by atoms with Crippen LogP contribution < -0.4 is 15.4 Å². The molecule has 0 spiro atoms. The molecule has 0 aliphatic heterocycles. The highest BCUT2D eigenvalue weighted by atomic mass is 35.5. The molecule has 2 N–H and O–H groups in total. The van der Waals surface area contributed by atoms with Crippen molar-refractivity contribution in [2.75, 3.05) is 17.7 Å². The van der Waals surface area contributed by atoms with E-state index in [1.807, 2.05) is 0 Å². The van der Waals surface area contributed by atoms with E-state index in [-0.39, 0.29) is 5.69 Å². The summed E-state index contributed by atoms with van der Waals surface area (Å²) in [6.07, 6.45) is 2.47. The van der Waals surface area contributed by atoms with Crippen LogP contribution in [0.5, 0.6) is 5.75 Å². The summed E-state index contributed by atoms with van der Waals surface area (Å²) in [6, 6.07) is 8.27. The predicted octanol–water partition coefficient (Wildman–Crippen LogP) is 4.41. The zero-order valence-electron chi connectivity index (χ0n) is 14.0. The van der Waals surface area contributed by atoms with Crippen LogP contribution in [-0.4, -0.2) is 23.0 Å². The van der Waals surface area contributed by atoms with Crippen LogP contribution in [0.2, 0.25) is 5.02 Å². The van der Waals surface area contributed by atoms with Crippen LogP contribution in [0.25, 0.3) is 0 Å². The first-order valence-electron chi connectivity index (χ1n) is 7.66. The van der Waals surface area contributed by atoms with E-state index in [2.05, 4.69) is 20.6 Å². The molecule has 27 heavy (non-hydrogen) atoms. The number of ether oxygens (including phenoxy) is 1. The number of amides is 1. The second kappa shape index (κ2) is 7.96. The third kappa shape index (κ3) is 4.29. The first-order valence-corrected chi connectivity index (χ1v) is 8.03. The van der Waals surface area contributed by atoms with E-state index in [1.54, 1.807) is 18.2 Å². The summed E-state index contributed by atoms with van der Waals surface area (Å²) in [5.74, 6) is -1.70. The lowest BCUT2D eigenvalue weighted by Gasteiger charge is -2.11. The molecule has 3 rings (SSSR count). The fourth-order valence-corrected chi connectivity index (χ4v) is 2.39. The van der Waals surface area contributed by atoms with E-state index in [9.17, 15) is 13.6 Å². The van der Waals surface area contributed by atoms with Gasteiger partial charge in [0.05, 0.1) is 25.2 Å². The van der Waals surface area contributed by atoms with Gasteiger partial charge >= 0.3 is 0 Å². The van der Waals surface area contributed by atoms with Crippen molar-refractivity contribution in [3.8, 4) is 5.75 Å². The molecule has 1 aromatic heterocycles. The number of halogens is 3. The summed E-state index contributed by atoms with van der Waals surface area (Å²) < 4.78 is 32.4. The number of aromatic nitrogens is 2. The number of nitrogens with one attached hydrogen (secondary N) is 2.